The quantitative estimate of drug-likeness (QED) is 0.595. The average molecular weight is 401 g/mol. The Morgan fingerprint density at radius 3 is 2.50 bits per heavy atom. The summed E-state index contributed by atoms with van der Waals surface area (Å²) in [6.07, 6.45) is 6.42. The lowest BCUT2D eigenvalue weighted by Gasteiger charge is -2.45. The number of ketones is 1. The van der Waals surface area contributed by atoms with E-state index in [0.29, 0.717) is 25.9 Å². The molecule has 0 radical (unpaired) electrons. The molecular weight excluding hydrogens is 360 g/mol. The summed E-state index contributed by atoms with van der Waals surface area (Å²) in [7, 11) is 0. The first-order chi connectivity index (χ1) is 13.1. The largest absolute Gasteiger partial charge is 0.393 e. The van der Waals surface area contributed by atoms with Crippen molar-refractivity contribution in [2.24, 2.45) is 0 Å². The van der Waals surface area contributed by atoms with Gasteiger partial charge in [-0.05, 0) is 47.0 Å². The second kappa shape index (κ2) is 10.5. The molecule has 2 aliphatic rings. The van der Waals surface area contributed by atoms with Crippen LogP contribution in [0, 0.1) is 0 Å². The van der Waals surface area contributed by atoms with Crippen molar-refractivity contribution in [3.63, 3.8) is 0 Å². The molecule has 2 fully saturated rings. The lowest BCUT2D eigenvalue weighted by atomic mass is 9.95. The molecule has 2 rings (SSSR count). The van der Waals surface area contributed by atoms with Gasteiger partial charge in [0, 0.05) is 25.7 Å². The predicted molar refractivity (Wildman–Crippen MR) is 107 cm³/mol. The van der Waals surface area contributed by atoms with Crippen LogP contribution in [0.5, 0.6) is 0 Å². The Kier molecular flexibility index (Phi) is 8.89. The topological polar surface area (TPSA) is 74.2 Å². The number of hydrogen-bond acceptors (Lipinski definition) is 6. The minimum Gasteiger partial charge on any atom is -0.393 e. The van der Waals surface area contributed by atoms with Crippen molar-refractivity contribution < 1.29 is 28.8 Å². The maximum Gasteiger partial charge on any atom is 0.166 e. The third kappa shape index (κ3) is 8.07. The van der Waals surface area contributed by atoms with Crippen LogP contribution in [0.1, 0.15) is 92.4 Å². The van der Waals surface area contributed by atoms with Crippen LogP contribution in [0.4, 0.5) is 0 Å². The zero-order valence-electron chi connectivity index (χ0n) is 18.4. The van der Waals surface area contributed by atoms with E-state index in [2.05, 4.69) is 6.92 Å². The Bertz CT molecular complexity index is 493. The number of ether oxygens (including phenoxy) is 4. The first kappa shape index (κ1) is 23.7. The van der Waals surface area contributed by atoms with Crippen LogP contribution in [-0.2, 0) is 23.7 Å². The van der Waals surface area contributed by atoms with Gasteiger partial charge in [-0.2, -0.15) is 0 Å². The summed E-state index contributed by atoms with van der Waals surface area (Å²) in [6, 6.07) is 0. The van der Waals surface area contributed by atoms with Crippen molar-refractivity contribution in [3.05, 3.63) is 0 Å². The zero-order valence-corrected chi connectivity index (χ0v) is 18.4. The normalized spacial score (nSPS) is 34.1. The molecule has 6 heteroatoms. The first-order valence-corrected chi connectivity index (χ1v) is 11.0. The Labute approximate surface area is 170 Å². The van der Waals surface area contributed by atoms with E-state index in [1.807, 2.05) is 20.8 Å². The van der Waals surface area contributed by atoms with Gasteiger partial charge in [-0.1, -0.05) is 19.8 Å². The van der Waals surface area contributed by atoms with Gasteiger partial charge in [0.25, 0.3) is 0 Å². The second-order valence-electron chi connectivity index (χ2n) is 9.10. The number of unbranched alkanes of at least 4 members (excludes halogenated alkanes) is 1. The number of aliphatic hydroxyl groups excluding tert-OH is 1. The number of carbonyl (C=O) groups excluding carboxylic acids is 1. The molecule has 0 aromatic heterocycles. The summed E-state index contributed by atoms with van der Waals surface area (Å²) in [5.74, 6) is -1.24. The van der Waals surface area contributed by atoms with Gasteiger partial charge in [0.15, 0.2) is 11.6 Å². The van der Waals surface area contributed by atoms with Crippen molar-refractivity contribution >= 4 is 5.78 Å². The van der Waals surface area contributed by atoms with Gasteiger partial charge in [-0.15, -0.1) is 0 Å². The summed E-state index contributed by atoms with van der Waals surface area (Å²) in [5, 5.41) is 10.4. The summed E-state index contributed by atoms with van der Waals surface area (Å²) < 4.78 is 24.3. The smallest absolute Gasteiger partial charge is 0.166 e. The fourth-order valence-electron chi connectivity index (χ4n) is 4.18. The van der Waals surface area contributed by atoms with Crippen LogP contribution in [0.3, 0.4) is 0 Å². The van der Waals surface area contributed by atoms with Crippen molar-refractivity contribution in [1.29, 1.82) is 0 Å². The van der Waals surface area contributed by atoms with Crippen molar-refractivity contribution in [1.82, 2.24) is 0 Å². The Morgan fingerprint density at radius 2 is 1.86 bits per heavy atom. The average Bonchev–Trinajstić information content (AvgIpc) is 2.57. The molecule has 0 saturated carbocycles. The molecule has 0 aromatic rings. The van der Waals surface area contributed by atoms with E-state index in [0.717, 1.165) is 38.5 Å². The first-order valence-electron chi connectivity index (χ1n) is 11.0. The summed E-state index contributed by atoms with van der Waals surface area (Å²) in [5.41, 5.74) is 0. The number of aliphatic hydroxyl groups is 1. The number of Topliss-reactive ketones (excluding diaryl/α,β-unsaturated/α-hetero) is 1. The van der Waals surface area contributed by atoms with E-state index < -0.39 is 11.6 Å². The predicted octanol–water partition coefficient (Wildman–Crippen LogP) is 4.12. The Morgan fingerprint density at radius 1 is 1.14 bits per heavy atom. The molecule has 5 unspecified atom stereocenters. The summed E-state index contributed by atoms with van der Waals surface area (Å²) >= 11 is 0. The molecular formula is C22H40O6. The van der Waals surface area contributed by atoms with Crippen LogP contribution >= 0.6 is 0 Å². The molecule has 2 saturated heterocycles. The van der Waals surface area contributed by atoms with Gasteiger partial charge in [-0.3, -0.25) is 0 Å². The molecule has 6 nitrogen and oxygen atoms in total. The fraction of sp³-hybridized carbons (Fsp3) is 0.955. The van der Waals surface area contributed by atoms with Crippen LogP contribution < -0.4 is 0 Å². The van der Waals surface area contributed by atoms with Crippen LogP contribution in [0.2, 0.25) is 0 Å². The molecule has 28 heavy (non-hydrogen) atoms. The standard InChI is InChI=1S/C22H40O6/c1-6-7-8-17(24)13-19-15-20(14-18-10-12-25-21(3,4)26-18)28-22(5,27-19)11-9-16(2)23/h17-20,24H,6-15H2,1-5H3. The molecule has 164 valence electrons. The molecule has 2 aliphatic heterocycles. The van der Waals surface area contributed by atoms with Gasteiger partial charge in [0.1, 0.15) is 5.78 Å². The number of carbonyl (C=O) groups is 1. The SMILES string of the molecule is CCCCC(O)CC1CC(CC2CCOC(C)(C)O2)OC(C)(CCC(C)=O)O1. The molecule has 1 N–H and O–H groups in total. The van der Waals surface area contributed by atoms with Gasteiger partial charge in [-0.25, -0.2) is 0 Å². The van der Waals surface area contributed by atoms with Crippen LogP contribution in [0.25, 0.3) is 0 Å². The van der Waals surface area contributed by atoms with Crippen molar-refractivity contribution in [2.75, 3.05) is 6.61 Å². The molecule has 2 heterocycles. The van der Waals surface area contributed by atoms with Gasteiger partial charge in [0.05, 0.1) is 31.0 Å². The highest BCUT2D eigenvalue weighted by atomic mass is 16.7. The Balaban J connectivity index is 2.00. The minimum absolute atomic E-state index is 0.0204. The second-order valence-corrected chi connectivity index (χ2v) is 9.10. The molecule has 0 spiro atoms. The Hall–Kier alpha value is -0.530. The van der Waals surface area contributed by atoms with Crippen LogP contribution in [-0.4, -0.2) is 53.5 Å². The number of hydrogen-bond donors (Lipinski definition) is 1. The maximum atomic E-state index is 11.5. The highest BCUT2D eigenvalue weighted by Crippen LogP contribution is 2.36. The third-order valence-electron chi connectivity index (χ3n) is 5.58. The van der Waals surface area contributed by atoms with E-state index in [1.54, 1.807) is 6.92 Å². The molecule has 0 amide bonds. The monoisotopic (exact) mass is 400 g/mol. The van der Waals surface area contributed by atoms with Crippen molar-refractivity contribution in [3.8, 4) is 0 Å². The van der Waals surface area contributed by atoms with E-state index in [9.17, 15) is 9.90 Å². The molecule has 5 atom stereocenters. The van der Waals surface area contributed by atoms with Crippen molar-refractivity contribution in [2.45, 2.75) is 128 Å². The lowest BCUT2D eigenvalue weighted by Crippen LogP contribution is -2.49. The van der Waals surface area contributed by atoms with E-state index in [1.165, 1.54) is 0 Å². The minimum atomic E-state index is -0.801. The zero-order chi connectivity index (χ0) is 20.8. The highest BCUT2D eigenvalue weighted by Gasteiger charge is 2.41. The summed E-state index contributed by atoms with van der Waals surface area (Å²) in [4.78, 5) is 11.5. The lowest BCUT2D eigenvalue weighted by molar-refractivity contribution is -0.326. The fourth-order valence-corrected chi connectivity index (χ4v) is 4.18. The summed E-state index contributed by atoms with van der Waals surface area (Å²) in [6.45, 7) is 10.2. The van der Waals surface area contributed by atoms with Gasteiger partial charge in [0.2, 0.25) is 0 Å². The molecule has 0 aliphatic carbocycles. The van der Waals surface area contributed by atoms with Crippen LogP contribution in [0.15, 0.2) is 0 Å². The van der Waals surface area contributed by atoms with E-state index in [-0.39, 0.29) is 30.2 Å². The maximum absolute atomic E-state index is 11.5. The van der Waals surface area contributed by atoms with Gasteiger partial charge >= 0.3 is 0 Å². The molecule has 0 bridgehead atoms. The number of rotatable bonds is 10. The van der Waals surface area contributed by atoms with E-state index >= 15 is 0 Å². The molecule has 0 aromatic carbocycles. The van der Waals surface area contributed by atoms with E-state index in [4.69, 9.17) is 18.9 Å². The third-order valence-corrected chi connectivity index (χ3v) is 5.58. The highest BCUT2D eigenvalue weighted by molar-refractivity contribution is 5.75. The van der Waals surface area contributed by atoms with Gasteiger partial charge < -0.3 is 28.8 Å².